The second kappa shape index (κ2) is 28.5. The van der Waals surface area contributed by atoms with Crippen LogP contribution in [0, 0.1) is 35.5 Å². The highest BCUT2D eigenvalue weighted by Gasteiger charge is 2.53. The summed E-state index contributed by atoms with van der Waals surface area (Å²) < 4.78 is 37.2. The Morgan fingerprint density at radius 3 is 2.33 bits per heavy atom. The number of methoxy groups -OCH3 is 3. The van der Waals surface area contributed by atoms with Crippen LogP contribution in [0.5, 0.6) is 5.75 Å². The van der Waals surface area contributed by atoms with Crippen LogP contribution in [0.2, 0.25) is 0 Å². The highest BCUT2D eigenvalue weighted by Crippen LogP contribution is 2.38. The molecular formula is C58H85N2O15+. The van der Waals surface area contributed by atoms with Gasteiger partial charge in [0, 0.05) is 64.5 Å². The number of allylic oxidation sites excluding steroid dienone is 6. The minimum Gasteiger partial charge on any atom is -0.503 e. The fourth-order valence-electron chi connectivity index (χ4n) is 11.2. The SMILES string of the molecule is CO[C@H]1C[C@@H]2CC[C@@H](C)[C@@](O)(O2)C(=O)C(=O)N2CCCC[C@H]2C(=O)O[C@H]([C@H](C)C[C@@H]2CC[C@@H](OC(=O)C[n+]3cccc(O)c3)[C@H](OC)C2)CC(=O)[C@H](C)/C=C(\C)[C@@H](O)[C@@H](OC)C(=O)[C@H](C)C[C@H](C)/C=C/C=CC=C1C. The number of nitrogens with zero attached hydrogens (tertiary/aromatic N) is 2. The normalized spacial score (nSPS) is 35.3. The van der Waals surface area contributed by atoms with Crippen LogP contribution in [0.25, 0.3) is 0 Å². The summed E-state index contributed by atoms with van der Waals surface area (Å²) in [6, 6.07) is 1.94. The summed E-state index contributed by atoms with van der Waals surface area (Å²) in [6.07, 6.45) is 13.4. The van der Waals surface area contributed by atoms with Crippen molar-refractivity contribution in [1.82, 2.24) is 4.90 Å². The molecule has 3 N–H and O–H groups in total. The number of aromatic nitrogens is 1. The number of Topliss-reactive ketones (excluding diaryl/α,β-unsaturated/α-hetero) is 3. The summed E-state index contributed by atoms with van der Waals surface area (Å²) >= 11 is 0. The Kier molecular flexibility index (Phi) is 23.1. The molecule has 15 atom stereocenters. The number of ketones is 3. The van der Waals surface area contributed by atoms with E-state index < -0.39 is 102 Å². The van der Waals surface area contributed by atoms with Gasteiger partial charge in [0.1, 0.15) is 36.2 Å². The third kappa shape index (κ3) is 16.5. The smallest absolute Gasteiger partial charge is 0.373 e. The number of esters is 2. The van der Waals surface area contributed by atoms with Crippen LogP contribution in [0.1, 0.15) is 126 Å². The molecule has 1 amide bonds. The zero-order valence-corrected chi connectivity index (χ0v) is 45.9. The number of hydrogen-bond acceptors (Lipinski definition) is 15. The van der Waals surface area contributed by atoms with E-state index in [2.05, 4.69) is 0 Å². The number of carbonyl (C=O) groups excluding carboxylic acids is 6. The molecule has 3 fully saturated rings. The molecule has 5 rings (SSSR count). The van der Waals surface area contributed by atoms with Gasteiger partial charge in [-0.2, -0.15) is 4.57 Å². The molecule has 4 heterocycles. The number of carbonyl (C=O) groups is 6. The highest BCUT2D eigenvalue weighted by molar-refractivity contribution is 6.39. The van der Waals surface area contributed by atoms with Gasteiger partial charge >= 0.3 is 11.9 Å². The molecule has 75 heavy (non-hydrogen) atoms. The van der Waals surface area contributed by atoms with Gasteiger partial charge < -0.3 is 48.6 Å². The van der Waals surface area contributed by atoms with Crippen molar-refractivity contribution in [3.8, 4) is 5.75 Å². The topological polar surface area (TPSA) is 226 Å². The van der Waals surface area contributed by atoms with Crippen molar-refractivity contribution in [2.45, 2.75) is 187 Å². The second-order valence-corrected chi connectivity index (χ2v) is 21.8. The first-order valence-corrected chi connectivity index (χ1v) is 27.0. The number of aliphatic hydroxyl groups is 2. The number of rotatable bonds is 9. The van der Waals surface area contributed by atoms with E-state index in [0.717, 1.165) is 5.57 Å². The van der Waals surface area contributed by atoms with Crippen molar-refractivity contribution >= 4 is 35.2 Å². The number of fused-ring (bicyclic) bond motifs is 3. The quantitative estimate of drug-likeness (QED) is 0.105. The summed E-state index contributed by atoms with van der Waals surface area (Å²) in [6.45, 7) is 12.5. The molecule has 1 aliphatic carbocycles. The van der Waals surface area contributed by atoms with E-state index in [-0.39, 0.29) is 55.1 Å². The minimum atomic E-state index is -2.46. The number of piperidine rings is 1. The Morgan fingerprint density at radius 2 is 1.64 bits per heavy atom. The third-order valence-corrected chi connectivity index (χ3v) is 15.9. The number of aliphatic hydroxyl groups excluding tert-OH is 1. The predicted octanol–water partition coefficient (Wildman–Crippen LogP) is 6.42. The zero-order chi connectivity index (χ0) is 55.1. The van der Waals surface area contributed by atoms with Gasteiger partial charge in [-0.3, -0.25) is 19.2 Å². The van der Waals surface area contributed by atoms with Gasteiger partial charge in [0.05, 0.1) is 18.3 Å². The van der Waals surface area contributed by atoms with Gasteiger partial charge in [-0.25, -0.2) is 9.59 Å². The number of aromatic hydroxyl groups is 1. The minimum absolute atomic E-state index is 0.00199. The number of ether oxygens (including phenoxy) is 6. The van der Waals surface area contributed by atoms with Crippen molar-refractivity contribution in [3.63, 3.8) is 0 Å². The average molecular weight is 1050 g/mol. The first-order chi connectivity index (χ1) is 35.6. The van der Waals surface area contributed by atoms with Gasteiger partial charge in [-0.05, 0) is 113 Å². The summed E-state index contributed by atoms with van der Waals surface area (Å²) in [5, 5.41) is 33.4. The van der Waals surface area contributed by atoms with Crippen LogP contribution in [-0.4, -0.2) is 138 Å². The van der Waals surface area contributed by atoms with Crippen LogP contribution >= 0.6 is 0 Å². The van der Waals surface area contributed by atoms with Gasteiger partial charge in [0.2, 0.25) is 18.5 Å². The largest absolute Gasteiger partial charge is 0.503 e. The fraction of sp³-hybridized carbons (Fsp3) is 0.672. The van der Waals surface area contributed by atoms with Crippen LogP contribution < -0.4 is 4.57 Å². The third-order valence-electron chi connectivity index (χ3n) is 15.9. The lowest BCUT2D eigenvalue weighted by Crippen LogP contribution is -2.61. The lowest BCUT2D eigenvalue weighted by Gasteiger charge is -2.42. The molecule has 0 spiro atoms. The van der Waals surface area contributed by atoms with Crippen molar-refractivity contribution in [3.05, 3.63) is 72.1 Å². The van der Waals surface area contributed by atoms with Crippen molar-refractivity contribution in [2.24, 2.45) is 35.5 Å². The molecular weight excluding hydrogens is 965 g/mol. The Bertz CT molecular complexity index is 2260. The van der Waals surface area contributed by atoms with E-state index in [1.807, 2.05) is 51.2 Å². The first-order valence-electron chi connectivity index (χ1n) is 27.0. The Morgan fingerprint density at radius 1 is 0.893 bits per heavy atom. The van der Waals surface area contributed by atoms with Crippen LogP contribution in [0.4, 0.5) is 0 Å². The molecule has 2 bridgehead atoms. The van der Waals surface area contributed by atoms with Crippen molar-refractivity contribution < 1.29 is 77.1 Å². The lowest BCUT2D eigenvalue weighted by atomic mass is 9.78. The molecule has 4 aliphatic rings. The van der Waals surface area contributed by atoms with E-state index in [0.29, 0.717) is 69.8 Å². The molecule has 0 aromatic carbocycles. The van der Waals surface area contributed by atoms with Crippen LogP contribution in [0.3, 0.4) is 0 Å². The maximum Gasteiger partial charge on any atom is 0.373 e. The molecule has 2 saturated heterocycles. The van der Waals surface area contributed by atoms with Gasteiger partial charge in [-0.1, -0.05) is 71.1 Å². The molecule has 1 saturated carbocycles. The van der Waals surface area contributed by atoms with Crippen LogP contribution in [-0.2, 0) is 63.7 Å². The van der Waals surface area contributed by atoms with Crippen molar-refractivity contribution in [2.75, 3.05) is 27.9 Å². The van der Waals surface area contributed by atoms with Gasteiger partial charge in [0.15, 0.2) is 17.7 Å². The molecule has 3 aliphatic heterocycles. The highest BCUT2D eigenvalue weighted by atomic mass is 16.6. The number of cyclic esters (lactones) is 1. The Balaban J connectivity index is 1.43. The lowest BCUT2D eigenvalue weighted by molar-refractivity contribution is -0.686. The monoisotopic (exact) mass is 1050 g/mol. The van der Waals surface area contributed by atoms with E-state index in [1.165, 1.54) is 28.8 Å². The zero-order valence-electron chi connectivity index (χ0n) is 45.9. The standard InChI is InChI=1S/C58H84N2O15/c1-35-17-12-11-13-18-36(2)48(70-8)31-44-23-21-41(7)58(69,75-44)55(66)56(67)60-26-15-14-20-45(60)57(68)74-49(32-46(62)37(3)28-40(6)53(65)54(72-10)52(64)39(5)27-35)38(4)29-42-22-24-47(50(30-42)71-9)73-51(63)34-59-25-16-19-43(61)33-59/h11-13,16-19,25,28,33,35,37-39,41-42,44-45,47-50,53-54,65,69H,14-15,20-24,26-27,29-32,34H2,1-10H3/p+1/b13-11?,17-12+,36-18?,40-28+/t35-,37-,38-,39-,41-,42+,44+,45+,47-,48+,49+,50-,53-,54+,58-/m1/s1. The fourth-order valence-corrected chi connectivity index (χ4v) is 11.2. The Labute approximate surface area is 443 Å². The summed E-state index contributed by atoms with van der Waals surface area (Å²) in [4.78, 5) is 85.6. The second-order valence-electron chi connectivity index (χ2n) is 21.8. The molecule has 0 unspecified atom stereocenters. The first kappa shape index (κ1) is 60.9. The van der Waals surface area contributed by atoms with Crippen LogP contribution in [0.15, 0.2) is 72.1 Å². The van der Waals surface area contributed by atoms with Crippen molar-refractivity contribution in [1.29, 1.82) is 0 Å². The number of pyridine rings is 1. The predicted molar refractivity (Wildman–Crippen MR) is 277 cm³/mol. The molecule has 17 heteroatoms. The van der Waals surface area contributed by atoms with E-state index >= 15 is 0 Å². The van der Waals surface area contributed by atoms with E-state index in [4.69, 9.17) is 28.4 Å². The number of amides is 1. The molecule has 1 aromatic heterocycles. The molecule has 0 radical (unpaired) electrons. The molecule has 17 nitrogen and oxygen atoms in total. The maximum atomic E-state index is 14.6. The van der Waals surface area contributed by atoms with Gasteiger partial charge in [0.25, 0.3) is 11.7 Å². The maximum absolute atomic E-state index is 14.6. The van der Waals surface area contributed by atoms with E-state index in [1.54, 1.807) is 60.3 Å². The van der Waals surface area contributed by atoms with E-state index in [9.17, 15) is 44.1 Å². The molecule has 416 valence electrons. The van der Waals surface area contributed by atoms with Gasteiger partial charge in [-0.15, -0.1) is 0 Å². The Hall–Kier alpha value is -4.91. The number of hydrogen-bond donors (Lipinski definition) is 3. The average Bonchev–Trinajstić information content (AvgIpc) is 3.38. The summed E-state index contributed by atoms with van der Waals surface area (Å²) in [5.41, 5.74) is 1.23. The summed E-state index contributed by atoms with van der Waals surface area (Å²) in [5.74, 6) is -8.92. The molecule has 1 aromatic rings. The summed E-state index contributed by atoms with van der Waals surface area (Å²) in [7, 11) is 4.49.